The van der Waals surface area contributed by atoms with Gasteiger partial charge in [-0.2, -0.15) is 0 Å². The van der Waals surface area contributed by atoms with E-state index in [0.29, 0.717) is 0 Å². The zero-order chi connectivity index (χ0) is 14.5. The van der Waals surface area contributed by atoms with E-state index in [1.807, 2.05) is 6.92 Å². The van der Waals surface area contributed by atoms with E-state index >= 15 is 0 Å². The molecule has 0 spiro atoms. The summed E-state index contributed by atoms with van der Waals surface area (Å²) in [5.41, 5.74) is 7.46. The van der Waals surface area contributed by atoms with Crippen LogP contribution in [-0.2, 0) is 0 Å². The van der Waals surface area contributed by atoms with E-state index in [2.05, 4.69) is 13.0 Å². The second kappa shape index (κ2) is 7.24. The zero-order valence-corrected chi connectivity index (χ0v) is 13.4. The molecule has 2 saturated carbocycles. The zero-order valence-electron chi connectivity index (χ0n) is 13.4. The van der Waals surface area contributed by atoms with Gasteiger partial charge >= 0.3 is 0 Å². The van der Waals surface area contributed by atoms with Crippen LogP contribution in [0.15, 0.2) is 33.9 Å². The summed E-state index contributed by atoms with van der Waals surface area (Å²) in [5, 5.41) is 0. The van der Waals surface area contributed by atoms with Gasteiger partial charge in [-0.1, -0.05) is 35.3 Å². The lowest BCUT2D eigenvalue weighted by Crippen LogP contribution is -2.08. The van der Waals surface area contributed by atoms with Crippen molar-refractivity contribution in [2.45, 2.75) is 84.7 Å². The van der Waals surface area contributed by atoms with Gasteiger partial charge < -0.3 is 0 Å². The Labute approximate surface area is 123 Å². The maximum Gasteiger partial charge on any atom is 0.118 e. The first-order chi connectivity index (χ1) is 9.61. The topological polar surface area (TPSA) is 0 Å². The van der Waals surface area contributed by atoms with E-state index < -0.39 is 6.17 Å². The fourth-order valence-electron chi connectivity index (χ4n) is 3.60. The first-order valence-electron chi connectivity index (χ1n) is 8.32. The maximum absolute atomic E-state index is 13.4. The molecule has 1 atom stereocenters. The van der Waals surface area contributed by atoms with Crippen LogP contribution in [0.1, 0.15) is 78.6 Å². The van der Waals surface area contributed by atoms with Crippen LogP contribution in [-0.4, -0.2) is 6.17 Å². The van der Waals surface area contributed by atoms with Crippen molar-refractivity contribution in [3.05, 3.63) is 33.9 Å². The van der Waals surface area contributed by atoms with E-state index in [0.717, 1.165) is 18.4 Å². The molecule has 1 heteroatoms. The average molecular weight is 276 g/mol. The summed E-state index contributed by atoms with van der Waals surface area (Å²) >= 11 is 0. The third kappa shape index (κ3) is 3.84. The molecule has 0 amide bonds. The number of allylic oxidation sites excluding steroid dienone is 6. The maximum atomic E-state index is 13.4. The van der Waals surface area contributed by atoms with Gasteiger partial charge in [0.25, 0.3) is 0 Å². The van der Waals surface area contributed by atoms with Crippen molar-refractivity contribution in [1.82, 2.24) is 0 Å². The minimum atomic E-state index is -0.768. The van der Waals surface area contributed by atoms with Crippen molar-refractivity contribution in [2.75, 3.05) is 0 Å². The highest BCUT2D eigenvalue weighted by molar-refractivity contribution is 5.28. The molecule has 0 nitrogen and oxygen atoms in total. The van der Waals surface area contributed by atoms with Gasteiger partial charge in [-0.05, 0) is 77.2 Å². The van der Waals surface area contributed by atoms with E-state index in [9.17, 15) is 4.39 Å². The first kappa shape index (κ1) is 15.5. The fraction of sp³-hybridized carbons (Fsp3) is 0.684. The van der Waals surface area contributed by atoms with E-state index in [1.54, 1.807) is 23.6 Å². The molecule has 2 aliphatic carbocycles. The fourth-order valence-corrected chi connectivity index (χ4v) is 3.60. The monoisotopic (exact) mass is 276 g/mol. The van der Waals surface area contributed by atoms with Crippen LogP contribution in [0.2, 0.25) is 0 Å². The molecular weight excluding hydrogens is 247 g/mol. The Bertz CT molecular complexity index is 411. The smallest absolute Gasteiger partial charge is 0.118 e. The molecule has 0 bridgehead atoms. The highest BCUT2D eigenvalue weighted by Gasteiger charge is 2.19. The first-order valence-corrected chi connectivity index (χ1v) is 8.32. The van der Waals surface area contributed by atoms with Crippen molar-refractivity contribution in [3.63, 3.8) is 0 Å². The lowest BCUT2D eigenvalue weighted by atomic mass is 9.80. The highest BCUT2D eigenvalue weighted by Crippen LogP contribution is 2.38. The molecule has 0 aliphatic heterocycles. The summed E-state index contributed by atoms with van der Waals surface area (Å²) < 4.78 is 13.4. The normalized spacial score (nSPS) is 22.0. The van der Waals surface area contributed by atoms with Crippen molar-refractivity contribution >= 4 is 0 Å². The van der Waals surface area contributed by atoms with Crippen molar-refractivity contribution < 1.29 is 4.39 Å². The minimum absolute atomic E-state index is 0.768. The van der Waals surface area contributed by atoms with Gasteiger partial charge in [-0.15, -0.1) is 0 Å². The van der Waals surface area contributed by atoms with Crippen LogP contribution < -0.4 is 0 Å². The minimum Gasteiger partial charge on any atom is -0.243 e. The van der Waals surface area contributed by atoms with Gasteiger partial charge in [0.15, 0.2) is 0 Å². The molecule has 0 aromatic heterocycles. The molecule has 0 saturated heterocycles. The SMILES string of the molecule is CCC=C1CCC(=C2CCC(=C(C)C(C)F)CC2)CC1. The molecule has 20 heavy (non-hydrogen) atoms. The standard InChI is InChI=1S/C19H29F/c1-4-5-16-6-8-18(9-7-16)19-12-10-17(11-13-19)14(2)15(3)20/h5,15H,4,6-13H2,1-3H3. The Balaban J connectivity index is 1.96. The summed E-state index contributed by atoms with van der Waals surface area (Å²) in [6, 6.07) is 0. The number of hydrogen-bond donors (Lipinski definition) is 0. The molecule has 112 valence electrons. The molecule has 2 fully saturated rings. The van der Waals surface area contributed by atoms with Crippen LogP contribution >= 0.6 is 0 Å². The third-order valence-corrected chi connectivity index (χ3v) is 5.10. The quantitative estimate of drug-likeness (QED) is 0.509. The molecule has 0 heterocycles. The summed E-state index contributed by atoms with van der Waals surface area (Å²) in [5.74, 6) is 0. The summed E-state index contributed by atoms with van der Waals surface area (Å²) in [4.78, 5) is 0. The second-order valence-electron chi connectivity index (χ2n) is 6.38. The number of halogens is 1. The number of hydrogen-bond acceptors (Lipinski definition) is 0. The lowest BCUT2D eigenvalue weighted by molar-refractivity contribution is 0.405. The van der Waals surface area contributed by atoms with Crippen LogP contribution in [0.25, 0.3) is 0 Å². The molecule has 0 radical (unpaired) electrons. The molecule has 0 aromatic carbocycles. The summed E-state index contributed by atoms with van der Waals surface area (Å²) in [6.45, 7) is 5.86. The average Bonchev–Trinajstić information content (AvgIpc) is 2.48. The molecule has 0 aromatic rings. The van der Waals surface area contributed by atoms with Gasteiger partial charge in [0.05, 0.1) is 0 Å². The van der Waals surface area contributed by atoms with Gasteiger partial charge in [0.2, 0.25) is 0 Å². The summed E-state index contributed by atoms with van der Waals surface area (Å²) in [6.07, 6.45) is 12.5. The van der Waals surface area contributed by atoms with Crippen molar-refractivity contribution in [2.24, 2.45) is 0 Å². The van der Waals surface area contributed by atoms with Crippen LogP contribution in [0, 0.1) is 0 Å². The summed E-state index contributed by atoms with van der Waals surface area (Å²) in [7, 11) is 0. The Hall–Kier alpha value is -0.850. The predicted octanol–water partition coefficient (Wildman–Crippen LogP) is 6.44. The second-order valence-corrected chi connectivity index (χ2v) is 6.38. The van der Waals surface area contributed by atoms with Gasteiger partial charge in [0, 0.05) is 0 Å². The van der Waals surface area contributed by atoms with E-state index in [-0.39, 0.29) is 0 Å². The van der Waals surface area contributed by atoms with Gasteiger partial charge in [-0.3, -0.25) is 0 Å². The van der Waals surface area contributed by atoms with Crippen LogP contribution in [0.3, 0.4) is 0 Å². The molecule has 1 unspecified atom stereocenters. The number of alkyl halides is 1. The lowest BCUT2D eigenvalue weighted by Gasteiger charge is -2.26. The van der Waals surface area contributed by atoms with Crippen LogP contribution in [0.4, 0.5) is 4.39 Å². The van der Waals surface area contributed by atoms with Crippen molar-refractivity contribution in [3.8, 4) is 0 Å². The number of rotatable bonds is 2. The Morgan fingerprint density at radius 3 is 1.95 bits per heavy atom. The Morgan fingerprint density at radius 2 is 1.50 bits per heavy atom. The Morgan fingerprint density at radius 1 is 1.00 bits per heavy atom. The largest absolute Gasteiger partial charge is 0.243 e. The molecule has 0 N–H and O–H groups in total. The van der Waals surface area contributed by atoms with E-state index in [4.69, 9.17) is 0 Å². The Kier molecular flexibility index (Phi) is 5.63. The predicted molar refractivity (Wildman–Crippen MR) is 85.6 cm³/mol. The molecule has 2 aliphatic rings. The van der Waals surface area contributed by atoms with Gasteiger partial charge in [0.1, 0.15) is 6.17 Å². The van der Waals surface area contributed by atoms with E-state index in [1.165, 1.54) is 50.5 Å². The van der Waals surface area contributed by atoms with Crippen LogP contribution in [0.5, 0.6) is 0 Å². The molecule has 2 rings (SSSR count). The van der Waals surface area contributed by atoms with Gasteiger partial charge in [-0.25, -0.2) is 4.39 Å². The molecular formula is C19H29F. The highest BCUT2D eigenvalue weighted by atomic mass is 19.1. The third-order valence-electron chi connectivity index (χ3n) is 5.10. The van der Waals surface area contributed by atoms with Crippen molar-refractivity contribution in [1.29, 1.82) is 0 Å².